The summed E-state index contributed by atoms with van der Waals surface area (Å²) in [5, 5.41) is 0. The third kappa shape index (κ3) is 3.06. The van der Waals surface area contributed by atoms with Crippen LogP contribution in [0.5, 0.6) is 0 Å². The van der Waals surface area contributed by atoms with Gasteiger partial charge in [0, 0.05) is 19.8 Å². The van der Waals surface area contributed by atoms with E-state index < -0.39 is 0 Å². The third-order valence-electron chi connectivity index (χ3n) is 1.38. The van der Waals surface area contributed by atoms with Crippen LogP contribution in [0.1, 0.15) is 0 Å². The first-order valence-corrected chi connectivity index (χ1v) is 5.67. The van der Waals surface area contributed by atoms with Crippen molar-refractivity contribution in [2.24, 2.45) is 4.99 Å². The Labute approximate surface area is 81.0 Å². The average Bonchev–Trinajstić information content (AvgIpc) is 2.51. The average molecular weight is 204 g/mol. The zero-order valence-electron chi connectivity index (χ0n) is 7.24. The van der Waals surface area contributed by atoms with E-state index >= 15 is 0 Å². The summed E-state index contributed by atoms with van der Waals surface area (Å²) in [5.74, 6) is 1.73. The highest BCUT2D eigenvalue weighted by Gasteiger charge is 2.10. The Balaban J connectivity index is 2.21. The molecule has 1 rings (SSSR count). The summed E-state index contributed by atoms with van der Waals surface area (Å²) in [6.07, 6.45) is 0. The first-order chi connectivity index (χ1) is 5.70. The second-order valence-electron chi connectivity index (χ2n) is 2.57. The van der Waals surface area contributed by atoms with Gasteiger partial charge in [0.15, 0.2) is 0 Å². The Bertz CT molecular complexity index is 204. The minimum Gasteiger partial charge on any atom is -0.348 e. The van der Waals surface area contributed by atoms with Crippen LogP contribution in [0.2, 0.25) is 0 Å². The number of aliphatic imine (C=N–C) groups is 1. The molecule has 3 nitrogen and oxygen atoms in total. The fraction of sp³-hybridized carbons (Fsp3) is 0.714. The van der Waals surface area contributed by atoms with Crippen LogP contribution < -0.4 is 0 Å². The van der Waals surface area contributed by atoms with Gasteiger partial charge in [0.1, 0.15) is 4.38 Å². The molecular weight excluding hydrogens is 192 g/mol. The molecule has 5 heteroatoms. The molecule has 0 unspecified atom stereocenters. The summed E-state index contributed by atoms with van der Waals surface area (Å²) >= 11 is 3.28. The van der Waals surface area contributed by atoms with E-state index in [2.05, 4.69) is 4.99 Å². The van der Waals surface area contributed by atoms with Gasteiger partial charge in [-0.2, -0.15) is 0 Å². The molecule has 0 aliphatic carbocycles. The Morgan fingerprint density at radius 3 is 3.00 bits per heavy atom. The fourth-order valence-corrected chi connectivity index (χ4v) is 2.64. The van der Waals surface area contributed by atoms with E-state index in [1.165, 1.54) is 0 Å². The van der Waals surface area contributed by atoms with Gasteiger partial charge in [-0.3, -0.25) is 9.79 Å². The van der Waals surface area contributed by atoms with Gasteiger partial charge in [0.2, 0.25) is 5.91 Å². The maximum absolute atomic E-state index is 11.1. The van der Waals surface area contributed by atoms with Crippen molar-refractivity contribution in [2.45, 2.75) is 0 Å². The number of hydrogen-bond donors (Lipinski definition) is 0. The van der Waals surface area contributed by atoms with E-state index in [-0.39, 0.29) is 5.91 Å². The van der Waals surface area contributed by atoms with Crippen LogP contribution in [-0.4, -0.2) is 47.3 Å². The number of carbonyl (C=O) groups excluding carboxylic acids is 1. The third-order valence-corrected chi connectivity index (χ3v) is 3.61. The normalized spacial score (nSPS) is 16.0. The molecule has 0 aromatic heterocycles. The Kier molecular flexibility index (Phi) is 3.94. The van der Waals surface area contributed by atoms with Crippen molar-refractivity contribution in [3.8, 4) is 0 Å². The highest BCUT2D eigenvalue weighted by atomic mass is 32.2. The van der Waals surface area contributed by atoms with Crippen LogP contribution in [0.4, 0.5) is 0 Å². The van der Waals surface area contributed by atoms with Crippen molar-refractivity contribution < 1.29 is 4.79 Å². The van der Waals surface area contributed by atoms with Crippen molar-refractivity contribution >= 4 is 33.8 Å². The van der Waals surface area contributed by atoms with E-state index in [0.717, 1.165) is 16.7 Å². The second kappa shape index (κ2) is 4.77. The highest BCUT2D eigenvalue weighted by molar-refractivity contribution is 8.39. The quantitative estimate of drug-likeness (QED) is 0.670. The number of carbonyl (C=O) groups is 1. The smallest absolute Gasteiger partial charge is 0.232 e. The van der Waals surface area contributed by atoms with Crippen molar-refractivity contribution in [3.05, 3.63) is 0 Å². The largest absolute Gasteiger partial charge is 0.348 e. The van der Waals surface area contributed by atoms with Gasteiger partial charge >= 0.3 is 0 Å². The minimum absolute atomic E-state index is 0.148. The number of amides is 1. The SMILES string of the molecule is CN(C)C(=O)CSC1=NCCS1. The molecule has 1 aliphatic rings. The molecule has 0 N–H and O–H groups in total. The molecule has 0 radical (unpaired) electrons. The number of rotatable bonds is 2. The summed E-state index contributed by atoms with van der Waals surface area (Å²) in [4.78, 5) is 17.0. The lowest BCUT2D eigenvalue weighted by Crippen LogP contribution is -2.23. The number of thioether (sulfide) groups is 2. The van der Waals surface area contributed by atoms with Crippen molar-refractivity contribution in [3.63, 3.8) is 0 Å². The molecule has 68 valence electrons. The Morgan fingerprint density at radius 2 is 2.50 bits per heavy atom. The topological polar surface area (TPSA) is 32.7 Å². The number of hydrogen-bond acceptors (Lipinski definition) is 4. The van der Waals surface area contributed by atoms with E-state index in [1.54, 1.807) is 42.5 Å². The first-order valence-electron chi connectivity index (χ1n) is 3.70. The summed E-state index contributed by atoms with van der Waals surface area (Å²) in [6, 6.07) is 0. The fourth-order valence-electron chi connectivity index (χ4n) is 0.655. The van der Waals surface area contributed by atoms with Gasteiger partial charge in [-0.25, -0.2) is 0 Å². The molecule has 0 atom stereocenters. The Hall–Kier alpha value is -0.160. The van der Waals surface area contributed by atoms with E-state index in [1.807, 2.05) is 0 Å². The molecule has 0 aromatic carbocycles. The lowest BCUT2D eigenvalue weighted by Gasteiger charge is -2.08. The van der Waals surface area contributed by atoms with Crippen LogP contribution in [0.15, 0.2) is 4.99 Å². The predicted molar refractivity (Wildman–Crippen MR) is 55.9 cm³/mol. The van der Waals surface area contributed by atoms with Crippen molar-refractivity contribution in [1.29, 1.82) is 0 Å². The molecule has 1 heterocycles. The standard InChI is InChI=1S/C7H12N2OS2/c1-9(2)6(10)5-12-7-8-3-4-11-7/h3-5H2,1-2H3. The summed E-state index contributed by atoms with van der Waals surface area (Å²) in [7, 11) is 3.54. The maximum Gasteiger partial charge on any atom is 0.232 e. The molecule has 0 saturated carbocycles. The summed E-state index contributed by atoms with van der Waals surface area (Å²) in [6.45, 7) is 0.906. The zero-order valence-corrected chi connectivity index (χ0v) is 8.87. The molecule has 1 aliphatic heterocycles. The van der Waals surface area contributed by atoms with Crippen molar-refractivity contribution in [2.75, 3.05) is 32.1 Å². The Morgan fingerprint density at radius 1 is 1.75 bits per heavy atom. The highest BCUT2D eigenvalue weighted by Crippen LogP contribution is 2.21. The van der Waals surface area contributed by atoms with Crippen LogP contribution >= 0.6 is 23.5 Å². The molecule has 0 fully saturated rings. The maximum atomic E-state index is 11.1. The van der Waals surface area contributed by atoms with Crippen molar-refractivity contribution in [1.82, 2.24) is 4.90 Å². The van der Waals surface area contributed by atoms with Gasteiger partial charge in [0.25, 0.3) is 0 Å². The van der Waals surface area contributed by atoms with Gasteiger partial charge < -0.3 is 4.90 Å². The monoisotopic (exact) mass is 204 g/mol. The first kappa shape index (κ1) is 9.92. The molecule has 1 amide bonds. The lowest BCUT2D eigenvalue weighted by atomic mass is 10.6. The molecule has 0 bridgehead atoms. The molecule has 0 spiro atoms. The van der Waals surface area contributed by atoms with E-state index in [4.69, 9.17) is 0 Å². The van der Waals surface area contributed by atoms with Crippen LogP contribution in [0, 0.1) is 0 Å². The molecule has 12 heavy (non-hydrogen) atoms. The summed E-state index contributed by atoms with van der Waals surface area (Å²) in [5.41, 5.74) is 0. The van der Waals surface area contributed by atoms with Crippen LogP contribution in [-0.2, 0) is 4.79 Å². The zero-order chi connectivity index (χ0) is 8.97. The van der Waals surface area contributed by atoms with E-state index in [9.17, 15) is 4.79 Å². The second-order valence-corrected chi connectivity index (χ2v) is 4.88. The van der Waals surface area contributed by atoms with Gasteiger partial charge in [-0.15, -0.1) is 0 Å². The minimum atomic E-state index is 0.148. The van der Waals surface area contributed by atoms with Crippen LogP contribution in [0.3, 0.4) is 0 Å². The molecule has 0 aromatic rings. The number of nitrogens with zero attached hydrogens (tertiary/aromatic N) is 2. The van der Waals surface area contributed by atoms with Crippen LogP contribution in [0.25, 0.3) is 0 Å². The van der Waals surface area contributed by atoms with E-state index in [0.29, 0.717) is 5.75 Å². The molecule has 0 saturated heterocycles. The van der Waals surface area contributed by atoms with Gasteiger partial charge in [0.05, 0.1) is 12.3 Å². The van der Waals surface area contributed by atoms with Gasteiger partial charge in [-0.1, -0.05) is 23.5 Å². The molecular formula is C7H12N2OS2. The lowest BCUT2D eigenvalue weighted by molar-refractivity contribution is -0.125. The van der Waals surface area contributed by atoms with Gasteiger partial charge in [-0.05, 0) is 0 Å². The predicted octanol–water partition coefficient (Wildman–Crippen LogP) is 0.911. The summed E-state index contributed by atoms with van der Waals surface area (Å²) < 4.78 is 1.06.